The summed E-state index contributed by atoms with van der Waals surface area (Å²) in [7, 11) is 0. The van der Waals surface area contributed by atoms with Gasteiger partial charge in [-0.05, 0) is 26.7 Å². The van der Waals surface area contributed by atoms with E-state index in [0.717, 1.165) is 12.8 Å². The molecule has 2 saturated heterocycles. The highest BCUT2D eigenvalue weighted by molar-refractivity contribution is 4.96. The Hall–Kier alpha value is -0.160. The number of hydrogen-bond donors (Lipinski definition) is 2. The summed E-state index contributed by atoms with van der Waals surface area (Å²) >= 11 is 0. The van der Waals surface area contributed by atoms with Crippen molar-refractivity contribution in [2.75, 3.05) is 6.61 Å². The zero-order valence-corrected chi connectivity index (χ0v) is 9.40. The van der Waals surface area contributed by atoms with E-state index in [4.69, 9.17) is 9.47 Å². The highest BCUT2D eigenvalue weighted by atomic mass is 16.7. The van der Waals surface area contributed by atoms with E-state index >= 15 is 0 Å². The molecule has 0 saturated carbocycles. The Morgan fingerprint density at radius 1 is 1.20 bits per heavy atom. The second-order valence-corrected chi connectivity index (χ2v) is 5.20. The molecule has 4 heteroatoms. The summed E-state index contributed by atoms with van der Waals surface area (Å²) in [5.74, 6) is -0.973. The second kappa shape index (κ2) is 3.70. The largest absolute Gasteiger partial charge is 0.390 e. The van der Waals surface area contributed by atoms with Crippen LogP contribution in [0.3, 0.4) is 0 Å². The number of aliphatic hydroxyl groups is 2. The first kappa shape index (κ1) is 11.3. The van der Waals surface area contributed by atoms with Crippen molar-refractivity contribution >= 4 is 0 Å². The van der Waals surface area contributed by atoms with Crippen LogP contribution in [0.15, 0.2) is 0 Å². The first-order valence-electron chi connectivity index (χ1n) is 5.65. The maximum Gasteiger partial charge on any atom is 0.197 e. The Balaban J connectivity index is 2.20. The molecule has 0 radical (unpaired) electrons. The van der Waals surface area contributed by atoms with E-state index in [1.54, 1.807) is 0 Å². The summed E-state index contributed by atoms with van der Waals surface area (Å²) in [5, 5.41) is 19.8. The first-order chi connectivity index (χ1) is 6.95. The molecule has 15 heavy (non-hydrogen) atoms. The minimum Gasteiger partial charge on any atom is -0.390 e. The van der Waals surface area contributed by atoms with Crippen molar-refractivity contribution < 1.29 is 19.7 Å². The van der Waals surface area contributed by atoms with E-state index in [1.165, 1.54) is 0 Å². The lowest BCUT2D eigenvalue weighted by Crippen LogP contribution is -2.63. The van der Waals surface area contributed by atoms with E-state index < -0.39 is 23.6 Å². The van der Waals surface area contributed by atoms with Gasteiger partial charge in [-0.25, -0.2) is 0 Å². The topological polar surface area (TPSA) is 58.9 Å². The number of hydrogen-bond acceptors (Lipinski definition) is 4. The molecular weight excluding hydrogens is 196 g/mol. The lowest BCUT2D eigenvalue weighted by molar-refractivity contribution is -0.370. The van der Waals surface area contributed by atoms with E-state index in [9.17, 15) is 10.2 Å². The summed E-state index contributed by atoms with van der Waals surface area (Å²) in [6.07, 6.45) is 1.39. The van der Waals surface area contributed by atoms with Crippen molar-refractivity contribution in [1.82, 2.24) is 0 Å². The third-order valence-corrected chi connectivity index (χ3v) is 3.23. The lowest BCUT2D eigenvalue weighted by Gasteiger charge is -2.51. The summed E-state index contributed by atoms with van der Waals surface area (Å²) in [6, 6.07) is 0. The predicted octanol–water partition coefficient (Wildman–Crippen LogP) is 0.804. The third kappa shape index (κ3) is 2.04. The molecule has 2 fully saturated rings. The fourth-order valence-electron chi connectivity index (χ4n) is 2.58. The normalized spacial score (nSPS) is 45.6. The van der Waals surface area contributed by atoms with Gasteiger partial charge in [0.15, 0.2) is 5.79 Å². The van der Waals surface area contributed by atoms with Crippen LogP contribution in [0.25, 0.3) is 0 Å². The fraction of sp³-hybridized carbons (Fsp3) is 1.00. The molecule has 2 aliphatic heterocycles. The van der Waals surface area contributed by atoms with Gasteiger partial charge < -0.3 is 19.7 Å². The van der Waals surface area contributed by atoms with Crippen LogP contribution in [-0.2, 0) is 9.47 Å². The van der Waals surface area contributed by atoms with Gasteiger partial charge in [-0.1, -0.05) is 0 Å². The van der Waals surface area contributed by atoms with Crippen molar-refractivity contribution in [3.05, 3.63) is 0 Å². The Kier molecular flexibility index (Phi) is 2.79. The zero-order chi connectivity index (χ0) is 11.1. The first-order valence-corrected chi connectivity index (χ1v) is 5.65. The average Bonchev–Trinajstić information content (AvgIpc) is 2.14. The van der Waals surface area contributed by atoms with E-state index in [0.29, 0.717) is 19.4 Å². The van der Waals surface area contributed by atoms with Crippen molar-refractivity contribution in [2.45, 2.75) is 63.1 Å². The molecule has 0 bridgehead atoms. The monoisotopic (exact) mass is 216 g/mol. The van der Waals surface area contributed by atoms with Crippen molar-refractivity contribution in [3.63, 3.8) is 0 Å². The molecular formula is C11H20O4. The van der Waals surface area contributed by atoms with Crippen LogP contribution in [0.4, 0.5) is 0 Å². The maximum atomic E-state index is 9.99. The van der Waals surface area contributed by atoms with Crippen molar-refractivity contribution in [1.29, 1.82) is 0 Å². The molecule has 2 N–H and O–H groups in total. The SMILES string of the molecule is CC1(C)C[C@H](O)[C@H](O)[C@]2(CCCCO2)O1. The fourth-order valence-corrected chi connectivity index (χ4v) is 2.58. The van der Waals surface area contributed by atoms with Gasteiger partial charge in [0, 0.05) is 12.8 Å². The van der Waals surface area contributed by atoms with Crippen LogP contribution in [0, 0.1) is 0 Å². The molecule has 4 nitrogen and oxygen atoms in total. The highest BCUT2D eigenvalue weighted by Crippen LogP contribution is 2.41. The summed E-state index contributed by atoms with van der Waals surface area (Å²) in [5.41, 5.74) is -0.435. The molecule has 88 valence electrons. The molecule has 0 aromatic heterocycles. The lowest BCUT2D eigenvalue weighted by atomic mass is 9.85. The van der Waals surface area contributed by atoms with Crippen LogP contribution < -0.4 is 0 Å². The maximum absolute atomic E-state index is 9.99. The number of aliphatic hydroxyl groups excluding tert-OH is 2. The molecule has 0 aromatic carbocycles. The molecule has 0 aliphatic carbocycles. The minimum absolute atomic E-state index is 0.435. The molecule has 1 spiro atoms. The van der Waals surface area contributed by atoms with Gasteiger partial charge in [0.1, 0.15) is 6.10 Å². The van der Waals surface area contributed by atoms with Crippen LogP contribution in [0.2, 0.25) is 0 Å². The molecule has 2 heterocycles. The smallest absolute Gasteiger partial charge is 0.197 e. The summed E-state index contributed by atoms with van der Waals surface area (Å²) < 4.78 is 11.4. The summed E-state index contributed by atoms with van der Waals surface area (Å²) in [4.78, 5) is 0. The van der Waals surface area contributed by atoms with E-state index in [2.05, 4.69) is 0 Å². The Morgan fingerprint density at radius 2 is 1.93 bits per heavy atom. The third-order valence-electron chi connectivity index (χ3n) is 3.23. The Labute approximate surface area is 90.2 Å². The molecule has 2 rings (SSSR count). The average molecular weight is 216 g/mol. The zero-order valence-electron chi connectivity index (χ0n) is 9.40. The van der Waals surface area contributed by atoms with E-state index in [1.807, 2.05) is 13.8 Å². The van der Waals surface area contributed by atoms with Gasteiger partial charge in [0.2, 0.25) is 0 Å². The van der Waals surface area contributed by atoms with Gasteiger partial charge in [0.05, 0.1) is 18.3 Å². The predicted molar refractivity (Wildman–Crippen MR) is 54.3 cm³/mol. The molecule has 0 aromatic rings. The molecule has 3 atom stereocenters. The van der Waals surface area contributed by atoms with Gasteiger partial charge in [-0.3, -0.25) is 0 Å². The van der Waals surface area contributed by atoms with Crippen molar-refractivity contribution in [2.24, 2.45) is 0 Å². The molecule has 0 amide bonds. The van der Waals surface area contributed by atoms with Gasteiger partial charge in [-0.2, -0.15) is 0 Å². The Morgan fingerprint density at radius 3 is 2.53 bits per heavy atom. The number of rotatable bonds is 0. The second-order valence-electron chi connectivity index (χ2n) is 5.20. The van der Waals surface area contributed by atoms with Crippen LogP contribution in [0.1, 0.15) is 39.5 Å². The van der Waals surface area contributed by atoms with Gasteiger partial charge in [0.25, 0.3) is 0 Å². The van der Waals surface area contributed by atoms with Gasteiger partial charge >= 0.3 is 0 Å². The van der Waals surface area contributed by atoms with Crippen LogP contribution in [-0.4, -0.2) is 40.4 Å². The van der Waals surface area contributed by atoms with Gasteiger partial charge in [-0.15, -0.1) is 0 Å². The standard InChI is InChI=1S/C11H20O4/c1-10(2)7-8(12)9(13)11(15-10)5-3-4-6-14-11/h8-9,12-13H,3-7H2,1-2H3/t8-,9-,11-/m0/s1. The van der Waals surface area contributed by atoms with Crippen LogP contribution in [0.5, 0.6) is 0 Å². The summed E-state index contributed by atoms with van der Waals surface area (Å²) in [6.45, 7) is 4.43. The molecule has 2 aliphatic rings. The molecule has 0 unspecified atom stereocenters. The highest BCUT2D eigenvalue weighted by Gasteiger charge is 2.53. The quantitative estimate of drug-likeness (QED) is 0.629. The number of ether oxygens (including phenoxy) is 2. The Bertz CT molecular complexity index is 233. The van der Waals surface area contributed by atoms with Crippen molar-refractivity contribution in [3.8, 4) is 0 Å². The van der Waals surface area contributed by atoms with Crippen LogP contribution >= 0.6 is 0 Å². The minimum atomic E-state index is -0.973. The van der Waals surface area contributed by atoms with E-state index in [-0.39, 0.29) is 0 Å².